The first kappa shape index (κ1) is 18.0. The van der Waals surface area contributed by atoms with Gasteiger partial charge in [-0.3, -0.25) is 4.79 Å². The maximum Gasteiger partial charge on any atom is 0.408 e. The fraction of sp³-hybridized carbons (Fsp3) is 0.875. The van der Waals surface area contributed by atoms with Crippen LogP contribution in [0.15, 0.2) is 0 Å². The molecule has 1 aliphatic rings. The zero-order chi connectivity index (χ0) is 16.4. The highest BCUT2D eigenvalue weighted by molar-refractivity contribution is 5.92. The van der Waals surface area contributed by atoms with Gasteiger partial charge in [-0.1, -0.05) is 13.8 Å². The summed E-state index contributed by atoms with van der Waals surface area (Å²) >= 11 is 0. The van der Waals surface area contributed by atoms with Gasteiger partial charge in [0.05, 0.1) is 6.10 Å². The van der Waals surface area contributed by atoms with E-state index in [2.05, 4.69) is 5.32 Å². The van der Waals surface area contributed by atoms with Crippen molar-refractivity contribution in [3.8, 4) is 0 Å². The summed E-state index contributed by atoms with van der Waals surface area (Å²) in [5, 5.41) is 12.5. The highest BCUT2D eigenvalue weighted by Crippen LogP contribution is 2.36. The second-order valence-electron chi connectivity index (χ2n) is 7.42. The van der Waals surface area contributed by atoms with Crippen LogP contribution in [0.25, 0.3) is 0 Å². The quantitative estimate of drug-likeness (QED) is 0.840. The Labute approximate surface area is 127 Å². The summed E-state index contributed by atoms with van der Waals surface area (Å²) in [6.45, 7) is 10.9. The van der Waals surface area contributed by atoms with Crippen molar-refractivity contribution in [3.05, 3.63) is 0 Å². The summed E-state index contributed by atoms with van der Waals surface area (Å²) in [6.07, 6.45) is 0.502. The van der Waals surface area contributed by atoms with Crippen LogP contribution in [0.2, 0.25) is 0 Å². The molecule has 1 amide bonds. The van der Waals surface area contributed by atoms with Crippen LogP contribution in [0, 0.1) is 11.8 Å². The number of carbonyl (C=O) groups excluding carboxylic acids is 2. The molecule has 2 N–H and O–H groups in total. The van der Waals surface area contributed by atoms with Gasteiger partial charge in [0, 0.05) is 6.42 Å². The lowest BCUT2D eigenvalue weighted by Crippen LogP contribution is -2.61. The lowest BCUT2D eigenvalue weighted by atomic mass is 9.69. The zero-order valence-electron chi connectivity index (χ0n) is 14.0. The molecular weight excluding hydrogens is 270 g/mol. The van der Waals surface area contributed by atoms with E-state index in [1.54, 1.807) is 27.7 Å². The molecule has 0 aromatic heterocycles. The van der Waals surface area contributed by atoms with E-state index in [4.69, 9.17) is 4.74 Å². The summed E-state index contributed by atoms with van der Waals surface area (Å²) in [4.78, 5) is 24.7. The van der Waals surface area contributed by atoms with Gasteiger partial charge in [0.1, 0.15) is 11.1 Å². The van der Waals surface area contributed by atoms with Gasteiger partial charge < -0.3 is 15.2 Å². The van der Waals surface area contributed by atoms with Gasteiger partial charge in [0.2, 0.25) is 0 Å². The Morgan fingerprint density at radius 2 is 1.95 bits per heavy atom. The largest absolute Gasteiger partial charge is 0.444 e. The van der Waals surface area contributed by atoms with Gasteiger partial charge in [-0.25, -0.2) is 4.79 Å². The Morgan fingerprint density at radius 1 is 1.38 bits per heavy atom. The van der Waals surface area contributed by atoms with Crippen LogP contribution < -0.4 is 5.32 Å². The Hall–Kier alpha value is -1.10. The Balaban J connectivity index is 2.86. The minimum atomic E-state index is -0.881. The van der Waals surface area contributed by atoms with E-state index in [1.807, 2.05) is 13.8 Å². The molecule has 3 atom stereocenters. The minimum Gasteiger partial charge on any atom is -0.444 e. The number of aliphatic hydroxyl groups excluding tert-OH is 1. The van der Waals surface area contributed by atoms with Crippen LogP contribution in [0.1, 0.15) is 60.8 Å². The molecule has 1 saturated carbocycles. The van der Waals surface area contributed by atoms with E-state index in [9.17, 15) is 14.7 Å². The number of Topliss-reactive ketones (excluding diaryl/α,β-unsaturated/α-hetero) is 1. The smallest absolute Gasteiger partial charge is 0.408 e. The summed E-state index contributed by atoms with van der Waals surface area (Å²) < 4.78 is 5.29. The van der Waals surface area contributed by atoms with Crippen molar-refractivity contribution in [1.29, 1.82) is 0 Å². The van der Waals surface area contributed by atoms with Crippen LogP contribution in [-0.4, -0.2) is 34.2 Å². The summed E-state index contributed by atoms with van der Waals surface area (Å²) in [7, 11) is 0. The predicted molar refractivity (Wildman–Crippen MR) is 81.0 cm³/mol. The summed E-state index contributed by atoms with van der Waals surface area (Å²) in [5.41, 5.74) is -1.48. The molecule has 3 unspecified atom stereocenters. The molecule has 122 valence electrons. The maximum absolute atomic E-state index is 12.6. The third kappa shape index (κ3) is 4.43. The Morgan fingerprint density at radius 3 is 2.33 bits per heavy atom. The van der Waals surface area contributed by atoms with Crippen LogP contribution in [0.4, 0.5) is 4.79 Å². The number of ketones is 1. The van der Waals surface area contributed by atoms with Crippen LogP contribution in [-0.2, 0) is 9.53 Å². The van der Waals surface area contributed by atoms with Crippen molar-refractivity contribution >= 4 is 11.9 Å². The molecule has 0 aromatic carbocycles. The van der Waals surface area contributed by atoms with E-state index >= 15 is 0 Å². The van der Waals surface area contributed by atoms with Crippen LogP contribution in [0.3, 0.4) is 0 Å². The molecule has 0 aliphatic heterocycles. The maximum atomic E-state index is 12.6. The fourth-order valence-corrected chi connectivity index (χ4v) is 2.86. The van der Waals surface area contributed by atoms with Gasteiger partial charge in [0.25, 0.3) is 0 Å². The number of amides is 1. The van der Waals surface area contributed by atoms with Crippen molar-refractivity contribution in [2.24, 2.45) is 11.8 Å². The number of hydrogen-bond donors (Lipinski definition) is 2. The molecular formula is C16H29NO4. The average Bonchev–Trinajstić information content (AvgIpc) is 2.28. The van der Waals surface area contributed by atoms with Gasteiger partial charge >= 0.3 is 6.09 Å². The first-order valence-corrected chi connectivity index (χ1v) is 7.70. The number of ether oxygens (including phenoxy) is 1. The Kier molecular flexibility index (Phi) is 5.42. The average molecular weight is 299 g/mol. The fourth-order valence-electron chi connectivity index (χ4n) is 2.86. The molecule has 0 saturated heterocycles. The van der Waals surface area contributed by atoms with Crippen LogP contribution in [0.5, 0.6) is 0 Å². The second-order valence-corrected chi connectivity index (χ2v) is 7.42. The SMILES string of the molecule is CC(O)C1CCC(NC(=O)OC(C)(C)C)(C(C)C)C(=O)C1. The van der Waals surface area contributed by atoms with E-state index in [0.29, 0.717) is 12.8 Å². The number of nitrogens with one attached hydrogen (secondary N) is 1. The summed E-state index contributed by atoms with van der Waals surface area (Å²) in [5.74, 6) is -0.0576. The number of alkyl carbamates (subject to hydrolysis) is 1. The van der Waals surface area contributed by atoms with Crippen molar-refractivity contribution in [3.63, 3.8) is 0 Å². The highest BCUT2D eigenvalue weighted by Gasteiger charge is 2.47. The highest BCUT2D eigenvalue weighted by atomic mass is 16.6. The van der Waals surface area contributed by atoms with E-state index < -0.39 is 23.3 Å². The van der Waals surface area contributed by atoms with Crippen molar-refractivity contribution < 1.29 is 19.4 Å². The molecule has 21 heavy (non-hydrogen) atoms. The molecule has 0 bridgehead atoms. The van der Waals surface area contributed by atoms with Gasteiger partial charge in [0.15, 0.2) is 5.78 Å². The molecule has 0 heterocycles. The van der Waals surface area contributed by atoms with E-state index in [-0.39, 0.29) is 17.6 Å². The van der Waals surface area contributed by atoms with E-state index in [1.165, 1.54) is 0 Å². The van der Waals surface area contributed by atoms with Gasteiger partial charge in [-0.2, -0.15) is 0 Å². The second kappa shape index (κ2) is 6.34. The number of hydrogen-bond acceptors (Lipinski definition) is 4. The standard InChI is InChI=1S/C16H29NO4/c1-10(2)16(17-14(20)21-15(4,5)6)8-7-12(11(3)18)9-13(16)19/h10-12,18H,7-9H2,1-6H3,(H,17,20). The van der Waals surface area contributed by atoms with Crippen molar-refractivity contribution in [1.82, 2.24) is 5.32 Å². The van der Waals surface area contributed by atoms with Crippen molar-refractivity contribution in [2.75, 3.05) is 0 Å². The third-order valence-electron chi connectivity index (χ3n) is 4.25. The molecule has 5 heteroatoms. The number of carbonyl (C=O) groups is 2. The molecule has 1 rings (SSSR count). The molecule has 0 radical (unpaired) electrons. The first-order valence-electron chi connectivity index (χ1n) is 7.70. The van der Waals surface area contributed by atoms with Crippen LogP contribution >= 0.6 is 0 Å². The topological polar surface area (TPSA) is 75.6 Å². The monoisotopic (exact) mass is 299 g/mol. The summed E-state index contributed by atoms with van der Waals surface area (Å²) in [6, 6.07) is 0. The number of aliphatic hydroxyl groups is 1. The lowest BCUT2D eigenvalue weighted by Gasteiger charge is -2.43. The predicted octanol–water partition coefficient (Wildman–Crippen LogP) is 2.66. The molecule has 1 fully saturated rings. The van der Waals surface area contributed by atoms with Gasteiger partial charge in [-0.05, 0) is 52.4 Å². The zero-order valence-corrected chi connectivity index (χ0v) is 14.0. The normalized spacial score (nSPS) is 28.4. The number of rotatable bonds is 3. The Bertz CT molecular complexity index is 398. The molecule has 5 nitrogen and oxygen atoms in total. The van der Waals surface area contributed by atoms with Crippen molar-refractivity contribution in [2.45, 2.75) is 78.0 Å². The first-order chi connectivity index (χ1) is 9.48. The molecule has 0 spiro atoms. The molecule has 0 aromatic rings. The van der Waals surface area contributed by atoms with Gasteiger partial charge in [-0.15, -0.1) is 0 Å². The minimum absolute atomic E-state index is 0.0134. The van der Waals surface area contributed by atoms with E-state index in [0.717, 1.165) is 6.42 Å². The lowest BCUT2D eigenvalue weighted by molar-refractivity contribution is -0.133. The molecule has 1 aliphatic carbocycles. The third-order valence-corrected chi connectivity index (χ3v) is 4.25.